The molecule has 1 N–H and O–H groups in total. The Bertz CT molecular complexity index is 378. The van der Waals surface area contributed by atoms with Crippen LogP contribution in [0.4, 0.5) is 4.39 Å². The van der Waals surface area contributed by atoms with Crippen LogP contribution in [-0.4, -0.2) is 11.2 Å². The molecule has 1 unspecified atom stereocenters. The molecule has 1 aliphatic carbocycles. The van der Waals surface area contributed by atoms with Crippen molar-refractivity contribution in [2.45, 2.75) is 32.3 Å². The van der Waals surface area contributed by atoms with Crippen LogP contribution in [-0.2, 0) is 0 Å². The summed E-state index contributed by atoms with van der Waals surface area (Å²) < 4.78 is 12.8. The molecule has 0 saturated heterocycles. The van der Waals surface area contributed by atoms with Gasteiger partial charge >= 0.3 is 0 Å². The minimum absolute atomic E-state index is 0.232. The van der Waals surface area contributed by atoms with Gasteiger partial charge in [0.05, 0.1) is 6.10 Å². The summed E-state index contributed by atoms with van der Waals surface area (Å²) in [7, 11) is 0. The second kappa shape index (κ2) is 4.15. The molecule has 1 aromatic rings. The number of hydrogen-bond acceptors (Lipinski definition) is 1. The van der Waals surface area contributed by atoms with E-state index in [1.54, 1.807) is 12.1 Å². The first kappa shape index (κ1) is 10.4. The molecule has 1 aliphatic rings. The fourth-order valence-electron chi connectivity index (χ4n) is 2.22. The second-order valence-corrected chi connectivity index (χ2v) is 3.93. The van der Waals surface area contributed by atoms with Crippen molar-refractivity contribution in [1.82, 2.24) is 0 Å². The van der Waals surface area contributed by atoms with Crippen molar-refractivity contribution in [1.29, 1.82) is 0 Å². The SMILES string of the molecule is CCC1=C(c2ccc(F)cc2)C(O)CC1. The Kier molecular flexibility index (Phi) is 2.87. The summed E-state index contributed by atoms with van der Waals surface area (Å²) >= 11 is 0. The molecule has 2 rings (SSSR count). The average Bonchev–Trinajstić information content (AvgIpc) is 2.61. The van der Waals surface area contributed by atoms with Crippen LogP contribution in [0.1, 0.15) is 31.7 Å². The van der Waals surface area contributed by atoms with Gasteiger partial charge in [0, 0.05) is 0 Å². The molecule has 2 heteroatoms. The largest absolute Gasteiger partial charge is 0.388 e. The van der Waals surface area contributed by atoms with Crippen molar-refractivity contribution in [2.75, 3.05) is 0 Å². The lowest BCUT2D eigenvalue weighted by atomic mass is 9.99. The van der Waals surface area contributed by atoms with Gasteiger partial charge in [0.25, 0.3) is 0 Å². The highest BCUT2D eigenvalue weighted by molar-refractivity contribution is 5.73. The van der Waals surface area contributed by atoms with E-state index in [0.717, 1.165) is 30.4 Å². The quantitative estimate of drug-likeness (QED) is 0.788. The van der Waals surface area contributed by atoms with Gasteiger partial charge in [-0.1, -0.05) is 24.6 Å². The molecule has 0 aliphatic heterocycles. The van der Waals surface area contributed by atoms with E-state index in [9.17, 15) is 9.50 Å². The number of aliphatic hydroxyl groups is 1. The normalized spacial score (nSPS) is 21.1. The maximum Gasteiger partial charge on any atom is 0.123 e. The minimum atomic E-state index is -0.370. The highest BCUT2D eigenvalue weighted by Crippen LogP contribution is 2.35. The number of aliphatic hydroxyl groups excluding tert-OH is 1. The van der Waals surface area contributed by atoms with Crippen LogP contribution in [0.25, 0.3) is 5.57 Å². The Balaban J connectivity index is 2.40. The first-order chi connectivity index (χ1) is 7.22. The molecular weight excluding hydrogens is 191 g/mol. The zero-order chi connectivity index (χ0) is 10.8. The van der Waals surface area contributed by atoms with Gasteiger partial charge in [-0.2, -0.15) is 0 Å². The van der Waals surface area contributed by atoms with E-state index in [2.05, 4.69) is 6.92 Å². The predicted octanol–water partition coefficient (Wildman–Crippen LogP) is 3.14. The molecule has 80 valence electrons. The van der Waals surface area contributed by atoms with E-state index < -0.39 is 0 Å². The van der Waals surface area contributed by atoms with Crippen LogP contribution in [0.3, 0.4) is 0 Å². The molecule has 1 nitrogen and oxygen atoms in total. The van der Waals surface area contributed by atoms with E-state index in [0.29, 0.717) is 0 Å². The van der Waals surface area contributed by atoms with Crippen molar-refractivity contribution in [2.24, 2.45) is 0 Å². The third-order valence-electron chi connectivity index (χ3n) is 3.02. The van der Waals surface area contributed by atoms with Crippen LogP contribution in [0.15, 0.2) is 29.8 Å². The van der Waals surface area contributed by atoms with Gasteiger partial charge in [0.15, 0.2) is 0 Å². The van der Waals surface area contributed by atoms with Crippen molar-refractivity contribution in [3.05, 3.63) is 41.2 Å². The highest BCUT2D eigenvalue weighted by atomic mass is 19.1. The molecule has 0 saturated carbocycles. The van der Waals surface area contributed by atoms with Crippen LogP contribution < -0.4 is 0 Å². The van der Waals surface area contributed by atoms with Crippen molar-refractivity contribution in [3.63, 3.8) is 0 Å². The third kappa shape index (κ3) is 1.95. The topological polar surface area (TPSA) is 20.2 Å². The summed E-state index contributed by atoms with van der Waals surface area (Å²) in [6.45, 7) is 2.09. The smallest absolute Gasteiger partial charge is 0.123 e. The lowest BCUT2D eigenvalue weighted by molar-refractivity contribution is 0.231. The molecule has 0 radical (unpaired) electrons. The Morgan fingerprint density at radius 1 is 1.33 bits per heavy atom. The summed E-state index contributed by atoms with van der Waals surface area (Å²) in [5.74, 6) is -0.232. The number of halogens is 1. The van der Waals surface area contributed by atoms with Crippen LogP contribution in [0, 0.1) is 5.82 Å². The molecule has 0 aromatic heterocycles. The summed E-state index contributed by atoms with van der Waals surface area (Å²) in [5, 5.41) is 9.86. The lowest BCUT2D eigenvalue weighted by Gasteiger charge is -2.10. The third-order valence-corrected chi connectivity index (χ3v) is 3.02. The summed E-state index contributed by atoms with van der Waals surface area (Å²) in [6.07, 6.45) is 2.36. The van der Waals surface area contributed by atoms with Gasteiger partial charge in [0.1, 0.15) is 5.82 Å². The summed E-state index contributed by atoms with van der Waals surface area (Å²) in [6, 6.07) is 6.38. The van der Waals surface area contributed by atoms with Crippen molar-refractivity contribution >= 4 is 5.57 Å². The minimum Gasteiger partial charge on any atom is -0.388 e. The monoisotopic (exact) mass is 206 g/mol. The van der Waals surface area contributed by atoms with E-state index in [1.165, 1.54) is 17.7 Å². The number of hydrogen-bond donors (Lipinski definition) is 1. The Labute approximate surface area is 89.3 Å². The highest BCUT2D eigenvalue weighted by Gasteiger charge is 2.23. The summed E-state index contributed by atoms with van der Waals surface area (Å²) in [5.41, 5.74) is 3.27. The molecule has 0 heterocycles. The zero-order valence-corrected chi connectivity index (χ0v) is 8.83. The van der Waals surface area contributed by atoms with Gasteiger partial charge < -0.3 is 5.11 Å². The molecule has 1 atom stereocenters. The lowest BCUT2D eigenvalue weighted by Crippen LogP contribution is -2.04. The first-order valence-electron chi connectivity index (χ1n) is 5.38. The number of allylic oxidation sites excluding steroid dienone is 1. The molecular formula is C13H15FO. The van der Waals surface area contributed by atoms with E-state index >= 15 is 0 Å². The second-order valence-electron chi connectivity index (χ2n) is 3.93. The van der Waals surface area contributed by atoms with Crippen LogP contribution >= 0.6 is 0 Å². The number of rotatable bonds is 2. The van der Waals surface area contributed by atoms with Gasteiger partial charge in [0.2, 0.25) is 0 Å². The van der Waals surface area contributed by atoms with Gasteiger partial charge in [-0.15, -0.1) is 0 Å². The molecule has 15 heavy (non-hydrogen) atoms. The van der Waals surface area contributed by atoms with Crippen molar-refractivity contribution in [3.8, 4) is 0 Å². The van der Waals surface area contributed by atoms with Gasteiger partial charge in [-0.3, -0.25) is 0 Å². The van der Waals surface area contributed by atoms with E-state index in [4.69, 9.17) is 0 Å². The fraction of sp³-hybridized carbons (Fsp3) is 0.385. The van der Waals surface area contributed by atoms with Gasteiger partial charge in [-0.05, 0) is 42.5 Å². The first-order valence-corrected chi connectivity index (χ1v) is 5.38. The van der Waals surface area contributed by atoms with Crippen LogP contribution in [0.2, 0.25) is 0 Å². The molecule has 0 amide bonds. The van der Waals surface area contributed by atoms with Crippen LogP contribution in [0.5, 0.6) is 0 Å². The zero-order valence-electron chi connectivity index (χ0n) is 8.83. The fourth-order valence-corrected chi connectivity index (χ4v) is 2.22. The Morgan fingerprint density at radius 3 is 2.60 bits per heavy atom. The van der Waals surface area contributed by atoms with Gasteiger partial charge in [-0.25, -0.2) is 4.39 Å². The number of benzene rings is 1. The molecule has 0 bridgehead atoms. The molecule has 0 fully saturated rings. The standard InChI is InChI=1S/C13H15FO/c1-2-9-5-8-12(15)13(9)10-3-6-11(14)7-4-10/h3-4,6-7,12,15H,2,5,8H2,1H3. The van der Waals surface area contributed by atoms with E-state index in [1.807, 2.05) is 0 Å². The summed E-state index contributed by atoms with van der Waals surface area (Å²) in [4.78, 5) is 0. The average molecular weight is 206 g/mol. The molecule has 1 aromatic carbocycles. The van der Waals surface area contributed by atoms with E-state index in [-0.39, 0.29) is 11.9 Å². The maximum atomic E-state index is 12.8. The maximum absolute atomic E-state index is 12.8. The Morgan fingerprint density at radius 2 is 2.00 bits per heavy atom. The predicted molar refractivity (Wildman–Crippen MR) is 58.9 cm³/mol. The molecule has 0 spiro atoms. The Hall–Kier alpha value is -1.15. The van der Waals surface area contributed by atoms with Crippen molar-refractivity contribution < 1.29 is 9.50 Å².